The van der Waals surface area contributed by atoms with Crippen LogP contribution in [0.1, 0.15) is 433 Å². The Labute approximate surface area is 619 Å². The zero-order chi connectivity index (χ0) is 74.2. The predicted molar refractivity (Wildman–Crippen MR) is 414 cm³/mol. The number of hydrogen-bond donors (Lipinski definition) is 3. The van der Waals surface area contributed by atoms with Gasteiger partial charge in [-0.15, -0.1) is 0 Å². The third kappa shape index (κ3) is 76.1. The van der Waals surface area contributed by atoms with Gasteiger partial charge in [-0.3, -0.25) is 37.3 Å². The van der Waals surface area contributed by atoms with Crippen LogP contribution in [0, 0.1) is 11.8 Å². The lowest BCUT2D eigenvalue weighted by molar-refractivity contribution is -0.161. The van der Waals surface area contributed by atoms with Gasteiger partial charge in [0.2, 0.25) is 0 Å². The fraction of sp³-hybridized carbons (Fsp3) is 0.951. The number of phosphoric acid groups is 2. The maximum absolute atomic E-state index is 13.1. The Bertz CT molecular complexity index is 1940. The van der Waals surface area contributed by atoms with E-state index in [0.29, 0.717) is 25.7 Å². The average molecular weight is 1480 g/mol. The van der Waals surface area contributed by atoms with Crippen molar-refractivity contribution >= 4 is 39.5 Å². The third-order valence-corrected chi connectivity index (χ3v) is 21.1. The molecule has 0 aliphatic heterocycles. The monoisotopic (exact) mass is 1480 g/mol. The van der Waals surface area contributed by atoms with E-state index in [0.717, 1.165) is 108 Å². The molecule has 0 rings (SSSR count). The topological polar surface area (TPSA) is 237 Å². The van der Waals surface area contributed by atoms with Gasteiger partial charge in [0.1, 0.15) is 19.3 Å². The van der Waals surface area contributed by atoms with Crippen LogP contribution >= 0.6 is 15.6 Å². The molecule has 0 aromatic rings. The van der Waals surface area contributed by atoms with E-state index < -0.39 is 97.5 Å². The van der Waals surface area contributed by atoms with Gasteiger partial charge in [-0.1, -0.05) is 382 Å². The smallest absolute Gasteiger partial charge is 0.462 e. The molecule has 0 amide bonds. The van der Waals surface area contributed by atoms with Crippen molar-refractivity contribution in [3.63, 3.8) is 0 Å². The van der Waals surface area contributed by atoms with E-state index >= 15 is 0 Å². The molecule has 19 heteroatoms. The van der Waals surface area contributed by atoms with Crippen LogP contribution < -0.4 is 0 Å². The minimum absolute atomic E-state index is 0.106. The van der Waals surface area contributed by atoms with Crippen molar-refractivity contribution in [2.45, 2.75) is 452 Å². The van der Waals surface area contributed by atoms with Gasteiger partial charge >= 0.3 is 39.5 Å². The molecular weight excluding hydrogens is 1320 g/mol. The second kappa shape index (κ2) is 73.6. The molecule has 0 saturated heterocycles. The number of aliphatic hydroxyl groups is 1. The second-order valence-electron chi connectivity index (χ2n) is 30.5. The summed E-state index contributed by atoms with van der Waals surface area (Å²) in [6, 6.07) is 0. The maximum atomic E-state index is 13.1. The van der Waals surface area contributed by atoms with Crippen LogP contribution in [0.5, 0.6) is 0 Å². The molecule has 17 nitrogen and oxygen atoms in total. The highest BCUT2D eigenvalue weighted by Gasteiger charge is 2.30. The zero-order valence-corrected chi connectivity index (χ0v) is 68.0. The first-order valence-electron chi connectivity index (χ1n) is 42.5. The van der Waals surface area contributed by atoms with Gasteiger partial charge in [-0.2, -0.15) is 0 Å². The molecule has 0 bridgehead atoms. The quantitative estimate of drug-likeness (QED) is 0.0222. The summed E-state index contributed by atoms with van der Waals surface area (Å²) in [5.74, 6) is -0.527. The van der Waals surface area contributed by atoms with Crippen LogP contribution in [0.3, 0.4) is 0 Å². The number of hydrogen-bond acceptors (Lipinski definition) is 15. The first-order chi connectivity index (χ1) is 48.9. The molecule has 0 aliphatic rings. The molecule has 0 heterocycles. The Kier molecular flexibility index (Phi) is 72.2. The highest BCUT2D eigenvalue weighted by molar-refractivity contribution is 7.47. The molecule has 101 heavy (non-hydrogen) atoms. The lowest BCUT2D eigenvalue weighted by Crippen LogP contribution is -2.30. The van der Waals surface area contributed by atoms with Gasteiger partial charge in [0.15, 0.2) is 12.2 Å². The summed E-state index contributed by atoms with van der Waals surface area (Å²) in [4.78, 5) is 72.7. The van der Waals surface area contributed by atoms with Crippen LogP contribution in [-0.2, 0) is 65.4 Å². The Morgan fingerprint density at radius 3 is 0.673 bits per heavy atom. The van der Waals surface area contributed by atoms with Crippen LogP contribution in [0.2, 0.25) is 0 Å². The van der Waals surface area contributed by atoms with Gasteiger partial charge in [-0.25, -0.2) is 9.13 Å². The van der Waals surface area contributed by atoms with Gasteiger partial charge in [0, 0.05) is 25.7 Å². The van der Waals surface area contributed by atoms with Crippen molar-refractivity contribution in [3.05, 3.63) is 0 Å². The molecule has 0 aliphatic carbocycles. The average Bonchev–Trinajstić information content (AvgIpc) is 0.962. The van der Waals surface area contributed by atoms with Crippen molar-refractivity contribution in [2.24, 2.45) is 11.8 Å². The molecule has 0 spiro atoms. The Morgan fingerprint density at radius 1 is 0.267 bits per heavy atom. The summed E-state index contributed by atoms with van der Waals surface area (Å²) in [6.07, 6.45) is 64.4. The van der Waals surface area contributed by atoms with Crippen molar-refractivity contribution in [2.75, 3.05) is 39.6 Å². The summed E-state index contributed by atoms with van der Waals surface area (Å²) in [7, 11) is -9.91. The van der Waals surface area contributed by atoms with Crippen LogP contribution in [0.15, 0.2) is 0 Å². The van der Waals surface area contributed by atoms with Crippen molar-refractivity contribution in [1.82, 2.24) is 0 Å². The van der Waals surface area contributed by atoms with Crippen molar-refractivity contribution in [1.29, 1.82) is 0 Å². The zero-order valence-electron chi connectivity index (χ0n) is 66.2. The Balaban J connectivity index is 5.11. The molecular formula is C82H160O17P2. The fourth-order valence-electron chi connectivity index (χ4n) is 12.7. The molecule has 3 N–H and O–H groups in total. The van der Waals surface area contributed by atoms with Gasteiger partial charge < -0.3 is 33.8 Å². The number of unbranched alkanes of at least 4 members (excludes halogenated alkanes) is 51. The van der Waals surface area contributed by atoms with E-state index in [1.54, 1.807) is 0 Å². The minimum Gasteiger partial charge on any atom is -0.462 e. The van der Waals surface area contributed by atoms with E-state index in [1.807, 2.05) is 0 Å². The molecule has 0 aromatic heterocycles. The van der Waals surface area contributed by atoms with Crippen molar-refractivity contribution < 1.29 is 80.2 Å². The lowest BCUT2D eigenvalue weighted by Gasteiger charge is -2.21. The number of carbonyl (C=O) groups excluding carboxylic acids is 4. The standard InChI is InChI=1S/C82H160O17P2/c1-7-9-11-13-14-15-16-17-18-19-20-21-22-23-24-27-33-38-43-48-54-60-67-82(87)99-78(71-93-80(85)65-59-53-47-42-37-32-28-25-26-30-35-40-45-51-56-62-74(3)4)73-97-101(90,91)95-69-76(83)68-94-100(88,89)96-72-77(70-92-79(84)64-58-50-12-10-8-2)98-81(86)66-61-55-49-44-39-34-29-31-36-41-46-52-57-63-75(5)6/h74-78,83H,7-73H2,1-6H3,(H,88,89)(H,90,91)/t76-,77+,78+/m0/s1. The number of carbonyl (C=O) groups is 4. The van der Waals surface area contributed by atoms with Crippen molar-refractivity contribution in [3.8, 4) is 0 Å². The molecule has 2 unspecified atom stereocenters. The number of ether oxygens (including phenoxy) is 4. The van der Waals surface area contributed by atoms with Crippen LogP contribution in [0.4, 0.5) is 0 Å². The summed E-state index contributed by atoms with van der Waals surface area (Å²) in [6.45, 7) is 9.59. The normalized spacial score (nSPS) is 13.9. The number of esters is 4. The highest BCUT2D eigenvalue weighted by atomic mass is 31.2. The van der Waals surface area contributed by atoms with Gasteiger partial charge in [0.25, 0.3) is 0 Å². The predicted octanol–water partition coefficient (Wildman–Crippen LogP) is 24.7. The third-order valence-electron chi connectivity index (χ3n) is 19.2. The molecule has 0 aromatic carbocycles. The van der Waals surface area contributed by atoms with Gasteiger partial charge in [-0.05, 0) is 37.5 Å². The Hall–Kier alpha value is -1.94. The van der Waals surface area contributed by atoms with Crippen LogP contribution in [-0.4, -0.2) is 96.7 Å². The first kappa shape index (κ1) is 99.1. The molecule has 0 fully saturated rings. The highest BCUT2D eigenvalue weighted by Crippen LogP contribution is 2.45. The van der Waals surface area contributed by atoms with E-state index in [2.05, 4.69) is 41.5 Å². The summed E-state index contributed by atoms with van der Waals surface area (Å²) in [5.41, 5.74) is 0. The first-order valence-corrected chi connectivity index (χ1v) is 45.5. The molecule has 0 radical (unpaired) electrons. The van der Waals surface area contributed by atoms with E-state index in [9.17, 15) is 43.2 Å². The fourth-order valence-corrected chi connectivity index (χ4v) is 14.3. The lowest BCUT2D eigenvalue weighted by atomic mass is 10.0. The van der Waals surface area contributed by atoms with E-state index in [-0.39, 0.29) is 25.7 Å². The number of phosphoric ester groups is 2. The van der Waals surface area contributed by atoms with E-state index in [1.165, 1.54) is 244 Å². The largest absolute Gasteiger partial charge is 0.472 e. The number of rotatable bonds is 81. The number of aliphatic hydroxyl groups excluding tert-OH is 1. The SMILES string of the molecule is CCCCCCCCCCCCCCCCCCCCCCCCC(=O)O[C@H](COC(=O)CCCCCCCCCCCCCCCCCC(C)C)COP(=O)(O)OC[C@@H](O)COP(=O)(O)OC[C@@H](COC(=O)CCCCCCC)OC(=O)CCCCCCCCCCCCCCCC(C)C. The molecule has 0 saturated carbocycles. The maximum Gasteiger partial charge on any atom is 0.472 e. The van der Waals surface area contributed by atoms with Gasteiger partial charge in [0.05, 0.1) is 26.4 Å². The summed E-state index contributed by atoms with van der Waals surface area (Å²) in [5, 5.41) is 10.6. The molecule has 600 valence electrons. The van der Waals surface area contributed by atoms with Crippen LogP contribution in [0.25, 0.3) is 0 Å². The Morgan fingerprint density at radius 2 is 0.455 bits per heavy atom. The second-order valence-corrected chi connectivity index (χ2v) is 33.4. The van der Waals surface area contributed by atoms with E-state index in [4.69, 9.17) is 37.0 Å². The summed E-state index contributed by atoms with van der Waals surface area (Å²) >= 11 is 0. The minimum atomic E-state index is -4.96. The summed E-state index contributed by atoms with van der Waals surface area (Å²) < 4.78 is 68.5. The molecule has 5 atom stereocenters.